The predicted octanol–water partition coefficient (Wildman–Crippen LogP) is 2.44. The van der Waals surface area contributed by atoms with Crippen LogP contribution in [-0.4, -0.2) is 18.0 Å². The molecule has 0 saturated carbocycles. The number of ether oxygens (including phenoxy) is 1. The molecule has 1 aromatic heterocycles. The number of aromatic nitrogens is 1. The first-order valence-corrected chi connectivity index (χ1v) is 6.61. The van der Waals surface area contributed by atoms with Gasteiger partial charge in [-0.25, -0.2) is 0 Å². The van der Waals surface area contributed by atoms with Crippen molar-refractivity contribution in [3.8, 4) is 5.75 Å². The van der Waals surface area contributed by atoms with Crippen LogP contribution in [0.4, 0.5) is 0 Å². The smallest absolute Gasteiger partial charge is 0.221 e. The van der Waals surface area contributed by atoms with Crippen LogP contribution in [0.25, 0.3) is 0 Å². The van der Waals surface area contributed by atoms with Crippen molar-refractivity contribution >= 4 is 5.91 Å². The van der Waals surface area contributed by atoms with Gasteiger partial charge in [-0.15, -0.1) is 0 Å². The average molecular weight is 268 g/mol. The molecule has 1 amide bonds. The molecule has 1 aromatic carbocycles. The lowest BCUT2D eigenvalue weighted by molar-refractivity contribution is -0.119. The van der Waals surface area contributed by atoms with E-state index in [-0.39, 0.29) is 17.9 Å². The van der Waals surface area contributed by atoms with Gasteiger partial charge >= 0.3 is 0 Å². The summed E-state index contributed by atoms with van der Waals surface area (Å²) in [6.45, 7) is 0. The monoisotopic (exact) mass is 268 g/mol. The van der Waals surface area contributed by atoms with E-state index in [0.29, 0.717) is 6.42 Å². The van der Waals surface area contributed by atoms with Crippen molar-refractivity contribution in [3.05, 3.63) is 59.9 Å². The molecular formula is C16H16N2O2. The number of pyridine rings is 1. The molecule has 1 saturated heterocycles. The normalized spacial score (nSPS) is 21.6. The number of nitrogens with zero attached hydrogens (tertiary/aromatic N) is 1. The molecule has 102 valence electrons. The topological polar surface area (TPSA) is 51.2 Å². The lowest BCUT2D eigenvalue weighted by Crippen LogP contribution is -2.20. The minimum absolute atomic E-state index is 0.00963. The molecule has 0 bridgehead atoms. The van der Waals surface area contributed by atoms with Crippen LogP contribution in [0.1, 0.15) is 29.5 Å². The third kappa shape index (κ3) is 2.37. The van der Waals surface area contributed by atoms with Crippen molar-refractivity contribution in [3.63, 3.8) is 0 Å². The second-order valence-electron chi connectivity index (χ2n) is 4.92. The number of amides is 1. The maximum atomic E-state index is 11.8. The molecule has 1 fully saturated rings. The van der Waals surface area contributed by atoms with E-state index in [1.807, 2.05) is 42.6 Å². The first kappa shape index (κ1) is 12.7. The second-order valence-corrected chi connectivity index (χ2v) is 4.92. The minimum atomic E-state index is -0.00963. The van der Waals surface area contributed by atoms with Gasteiger partial charge in [0, 0.05) is 24.7 Å². The van der Waals surface area contributed by atoms with Crippen LogP contribution in [0.2, 0.25) is 0 Å². The fourth-order valence-electron chi connectivity index (χ4n) is 2.69. The maximum Gasteiger partial charge on any atom is 0.221 e. The van der Waals surface area contributed by atoms with Crippen LogP contribution in [0, 0.1) is 0 Å². The maximum absolute atomic E-state index is 11.8. The number of hydrogen-bond donors (Lipinski definition) is 1. The standard InChI is InChI=1S/C16H16N2O2/c1-20-13-6-4-11(5-7-13)14-9-15(19)18-16(14)12-3-2-8-17-10-12/h2-8,10,14,16H,9H2,1H3,(H,18,19)/t14-,16-/m1/s1. The SMILES string of the molecule is COc1ccc([C@H]2CC(=O)N[C@@H]2c2cccnc2)cc1. The summed E-state index contributed by atoms with van der Waals surface area (Å²) in [6.07, 6.45) is 4.06. The third-order valence-electron chi connectivity index (χ3n) is 3.71. The van der Waals surface area contributed by atoms with E-state index in [9.17, 15) is 4.79 Å². The fraction of sp³-hybridized carbons (Fsp3) is 0.250. The second kappa shape index (κ2) is 5.33. The molecule has 0 radical (unpaired) electrons. The highest BCUT2D eigenvalue weighted by Gasteiger charge is 2.34. The lowest BCUT2D eigenvalue weighted by atomic mass is 9.88. The Balaban J connectivity index is 1.91. The summed E-state index contributed by atoms with van der Waals surface area (Å²) < 4.78 is 5.17. The van der Waals surface area contributed by atoms with Crippen LogP contribution in [0.15, 0.2) is 48.8 Å². The van der Waals surface area contributed by atoms with Crippen molar-refractivity contribution in [1.29, 1.82) is 0 Å². The van der Waals surface area contributed by atoms with Crippen molar-refractivity contribution < 1.29 is 9.53 Å². The van der Waals surface area contributed by atoms with E-state index in [1.165, 1.54) is 0 Å². The molecule has 0 spiro atoms. The molecule has 1 aliphatic rings. The number of hydrogen-bond acceptors (Lipinski definition) is 3. The number of rotatable bonds is 3. The molecule has 1 N–H and O–H groups in total. The summed E-state index contributed by atoms with van der Waals surface area (Å²) in [5.41, 5.74) is 2.18. The van der Waals surface area contributed by atoms with Crippen molar-refractivity contribution in [2.45, 2.75) is 18.4 Å². The summed E-state index contributed by atoms with van der Waals surface area (Å²) >= 11 is 0. The zero-order valence-corrected chi connectivity index (χ0v) is 11.2. The number of nitrogens with one attached hydrogen (secondary N) is 1. The Morgan fingerprint density at radius 3 is 2.65 bits per heavy atom. The van der Waals surface area contributed by atoms with Gasteiger partial charge in [0.2, 0.25) is 5.91 Å². The van der Waals surface area contributed by atoms with Crippen LogP contribution < -0.4 is 10.1 Å². The van der Waals surface area contributed by atoms with E-state index in [0.717, 1.165) is 16.9 Å². The number of methoxy groups -OCH3 is 1. The highest BCUT2D eigenvalue weighted by atomic mass is 16.5. The molecule has 4 nitrogen and oxygen atoms in total. The molecule has 2 aromatic rings. The van der Waals surface area contributed by atoms with Crippen LogP contribution >= 0.6 is 0 Å². The van der Waals surface area contributed by atoms with E-state index < -0.39 is 0 Å². The van der Waals surface area contributed by atoms with E-state index in [2.05, 4.69) is 10.3 Å². The zero-order valence-electron chi connectivity index (χ0n) is 11.2. The first-order valence-electron chi connectivity index (χ1n) is 6.61. The third-order valence-corrected chi connectivity index (χ3v) is 3.71. The Hall–Kier alpha value is -2.36. The van der Waals surface area contributed by atoms with E-state index in [4.69, 9.17) is 4.74 Å². The molecule has 2 atom stereocenters. The Labute approximate surface area is 117 Å². The minimum Gasteiger partial charge on any atom is -0.497 e. The van der Waals surface area contributed by atoms with Crippen LogP contribution in [0.5, 0.6) is 5.75 Å². The summed E-state index contributed by atoms with van der Waals surface area (Å²) in [6, 6.07) is 11.8. The lowest BCUT2D eigenvalue weighted by Gasteiger charge is -2.19. The first-order chi connectivity index (χ1) is 9.78. The van der Waals surface area contributed by atoms with Gasteiger partial charge in [0.05, 0.1) is 13.2 Å². The number of benzene rings is 1. The van der Waals surface area contributed by atoms with E-state index >= 15 is 0 Å². The Kier molecular flexibility index (Phi) is 3.37. The average Bonchev–Trinajstić information content (AvgIpc) is 2.90. The summed E-state index contributed by atoms with van der Waals surface area (Å²) in [4.78, 5) is 15.9. The number of carbonyl (C=O) groups is 1. The van der Waals surface area contributed by atoms with Crippen molar-refractivity contribution in [2.75, 3.05) is 7.11 Å². The molecule has 0 unspecified atom stereocenters. The molecule has 2 heterocycles. The van der Waals surface area contributed by atoms with Gasteiger partial charge in [-0.05, 0) is 29.3 Å². The van der Waals surface area contributed by atoms with Crippen LogP contribution in [0.3, 0.4) is 0 Å². The van der Waals surface area contributed by atoms with Gasteiger partial charge in [0.1, 0.15) is 5.75 Å². The largest absolute Gasteiger partial charge is 0.497 e. The Morgan fingerprint density at radius 1 is 1.20 bits per heavy atom. The summed E-state index contributed by atoms with van der Waals surface area (Å²) in [5.74, 6) is 1.04. The Morgan fingerprint density at radius 2 is 2.00 bits per heavy atom. The van der Waals surface area contributed by atoms with Gasteiger partial charge in [-0.1, -0.05) is 18.2 Å². The highest BCUT2D eigenvalue weighted by molar-refractivity contribution is 5.80. The summed E-state index contributed by atoms with van der Waals surface area (Å²) in [5, 5.41) is 3.04. The van der Waals surface area contributed by atoms with Crippen molar-refractivity contribution in [2.24, 2.45) is 0 Å². The molecule has 20 heavy (non-hydrogen) atoms. The number of carbonyl (C=O) groups excluding carboxylic acids is 1. The summed E-state index contributed by atoms with van der Waals surface area (Å²) in [7, 11) is 1.65. The van der Waals surface area contributed by atoms with Gasteiger partial charge < -0.3 is 10.1 Å². The fourth-order valence-corrected chi connectivity index (χ4v) is 2.69. The van der Waals surface area contributed by atoms with E-state index in [1.54, 1.807) is 13.3 Å². The Bertz CT molecular complexity index is 596. The zero-order chi connectivity index (χ0) is 13.9. The highest BCUT2D eigenvalue weighted by Crippen LogP contribution is 2.38. The molecule has 4 heteroatoms. The molecule has 1 aliphatic heterocycles. The molecular weight excluding hydrogens is 252 g/mol. The quantitative estimate of drug-likeness (QED) is 0.930. The van der Waals surface area contributed by atoms with Gasteiger partial charge in [0.25, 0.3) is 0 Å². The molecule has 3 rings (SSSR count). The van der Waals surface area contributed by atoms with Crippen LogP contribution in [-0.2, 0) is 4.79 Å². The van der Waals surface area contributed by atoms with Gasteiger partial charge in [-0.3, -0.25) is 9.78 Å². The molecule has 0 aliphatic carbocycles. The van der Waals surface area contributed by atoms with Crippen molar-refractivity contribution in [1.82, 2.24) is 10.3 Å². The van der Waals surface area contributed by atoms with Gasteiger partial charge in [0.15, 0.2) is 0 Å². The predicted molar refractivity (Wildman–Crippen MR) is 75.5 cm³/mol. The van der Waals surface area contributed by atoms with Gasteiger partial charge in [-0.2, -0.15) is 0 Å².